The van der Waals surface area contributed by atoms with Crippen molar-refractivity contribution >= 4 is 28.6 Å². The summed E-state index contributed by atoms with van der Waals surface area (Å²) in [7, 11) is 0. The molecule has 0 aliphatic heterocycles. The molecule has 5 nitrogen and oxygen atoms in total. The SMILES string of the molecule is CC/C=C(/NC(=O)/C(C#N)=C/c1ccc2cccc(O)c2n1)c1ccccc1. The van der Waals surface area contributed by atoms with Crippen LogP contribution in [0.4, 0.5) is 0 Å². The quantitative estimate of drug-likeness (QED) is 0.515. The first kappa shape index (κ1) is 18.9. The number of pyridine rings is 1. The first-order chi connectivity index (χ1) is 13.6. The molecule has 3 rings (SSSR count). The first-order valence-electron chi connectivity index (χ1n) is 8.90. The lowest BCUT2D eigenvalue weighted by Gasteiger charge is -2.10. The van der Waals surface area contributed by atoms with Crippen LogP contribution in [0.2, 0.25) is 0 Å². The van der Waals surface area contributed by atoms with Gasteiger partial charge in [-0.15, -0.1) is 0 Å². The summed E-state index contributed by atoms with van der Waals surface area (Å²) < 4.78 is 0. The fourth-order valence-corrected chi connectivity index (χ4v) is 2.78. The fourth-order valence-electron chi connectivity index (χ4n) is 2.78. The Kier molecular flexibility index (Phi) is 5.83. The van der Waals surface area contributed by atoms with Gasteiger partial charge in [-0.25, -0.2) is 4.98 Å². The number of hydrogen-bond acceptors (Lipinski definition) is 4. The Balaban J connectivity index is 1.90. The van der Waals surface area contributed by atoms with Crippen LogP contribution >= 0.6 is 0 Å². The zero-order valence-corrected chi connectivity index (χ0v) is 15.4. The molecule has 0 saturated heterocycles. The minimum absolute atomic E-state index is 0.0490. The van der Waals surface area contributed by atoms with E-state index in [9.17, 15) is 15.2 Å². The number of phenolic OH excluding ortho intramolecular Hbond substituents is 1. The molecule has 5 heteroatoms. The van der Waals surface area contributed by atoms with Crippen LogP contribution in [0.1, 0.15) is 24.6 Å². The minimum Gasteiger partial charge on any atom is -0.506 e. The van der Waals surface area contributed by atoms with E-state index in [2.05, 4.69) is 10.3 Å². The zero-order valence-electron chi connectivity index (χ0n) is 15.4. The number of nitrogens with one attached hydrogen (secondary N) is 1. The Labute approximate surface area is 163 Å². The van der Waals surface area contributed by atoms with Crippen molar-refractivity contribution in [3.8, 4) is 11.8 Å². The number of carbonyl (C=O) groups is 1. The van der Waals surface area contributed by atoms with Crippen molar-refractivity contribution in [3.63, 3.8) is 0 Å². The zero-order chi connectivity index (χ0) is 19.9. The third kappa shape index (κ3) is 4.25. The van der Waals surface area contributed by atoms with Crippen LogP contribution in [0, 0.1) is 11.3 Å². The highest BCUT2D eigenvalue weighted by atomic mass is 16.3. The number of para-hydroxylation sites is 1. The Bertz CT molecular complexity index is 1110. The largest absolute Gasteiger partial charge is 0.506 e. The van der Waals surface area contributed by atoms with E-state index >= 15 is 0 Å². The molecular formula is C23H19N3O2. The van der Waals surface area contributed by atoms with Crippen molar-refractivity contribution in [1.82, 2.24) is 10.3 Å². The molecule has 0 unspecified atom stereocenters. The van der Waals surface area contributed by atoms with E-state index in [1.54, 1.807) is 24.3 Å². The first-order valence-corrected chi connectivity index (χ1v) is 8.90. The Hall–Kier alpha value is -3.91. The maximum atomic E-state index is 12.6. The predicted molar refractivity (Wildman–Crippen MR) is 110 cm³/mol. The second kappa shape index (κ2) is 8.65. The Morgan fingerprint density at radius 3 is 2.64 bits per heavy atom. The molecular weight excluding hydrogens is 350 g/mol. The van der Waals surface area contributed by atoms with Crippen molar-refractivity contribution in [2.75, 3.05) is 0 Å². The number of aromatic nitrogens is 1. The summed E-state index contributed by atoms with van der Waals surface area (Å²) in [6, 6.07) is 20.0. The highest BCUT2D eigenvalue weighted by Crippen LogP contribution is 2.23. The van der Waals surface area contributed by atoms with Gasteiger partial charge in [0.05, 0.1) is 5.69 Å². The summed E-state index contributed by atoms with van der Waals surface area (Å²) >= 11 is 0. The van der Waals surface area contributed by atoms with Gasteiger partial charge >= 0.3 is 0 Å². The minimum atomic E-state index is -0.509. The third-order valence-electron chi connectivity index (χ3n) is 4.12. The fraction of sp³-hybridized carbons (Fsp3) is 0.0870. The van der Waals surface area contributed by atoms with Crippen LogP contribution < -0.4 is 5.32 Å². The molecule has 0 fully saturated rings. The summed E-state index contributed by atoms with van der Waals surface area (Å²) in [5.74, 6) is -0.460. The number of benzene rings is 2. The van der Waals surface area contributed by atoms with Gasteiger partial charge in [0.25, 0.3) is 5.91 Å². The van der Waals surface area contributed by atoms with Gasteiger partial charge < -0.3 is 10.4 Å². The normalized spacial score (nSPS) is 11.9. The Morgan fingerprint density at radius 2 is 1.93 bits per heavy atom. The number of allylic oxidation sites excluding steroid dienone is 1. The maximum absolute atomic E-state index is 12.6. The number of nitrogens with zero attached hydrogens (tertiary/aromatic N) is 2. The van der Waals surface area contributed by atoms with Gasteiger partial charge in [-0.2, -0.15) is 5.26 Å². The van der Waals surface area contributed by atoms with Gasteiger partial charge in [-0.1, -0.05) is 61.5 Å². The van der Waals surface area contributed by atoms with Crippen LogP contribution in [0.25, 0.3) is 22.7 Å². The van der Waals surface area contributed by atoms with E-state index in [-0.39, 0.29) is 11.3 Å². The molecule has 0 saturated carbocycles. The highest BCUT2D eigenvalue weighted by Gasteiger charge is 2.13. The van der Waals surface area contributed by atoms with Crippen LogP contribution in [-0.2, 0) is 4.79 Å². The van der Waals surface area contributed by atoms with E-state index in [1.165, 1.54) is 6.08 Å². The average Bonchev–Trinajstić information content (AvgIpc) is 2.72. The smallest absolute Gasteiger partial charge is 0.266 e. The molecule has 0 atom stereocenters. The Morgan fingerprint density at radius 1 is 1.14 bits per heavy atom. The summed E-state index contributed by atoms with van der Waals surface area (Å²) in [5.41, 5.74) is 2.29. The van der Waals surface area contributed by atoms with Gasteiger partial charge in [0.15, 0.2) is 0 Å². The van der Waals surface area contributed by atoms with Gasteiger partial charge in [0, 0.05) is 11.1 Å². The molecule has 3 aromatic rings. The summed E-state index contributed by atoms with van der Waals surface area (Å²) in [5, 5.41) is 23.0. The van der Waals surface area contributed by atoms with E-state index in [0.717, 1.165) is 17.4 Å². The van der Waals surface area contributed by atoms with Crippen LogP contribution in [-0.4, -0.2) is 16.0 Å². The molecule has 0 spiro atoms. The maximum Gasteiger partial charge on any atom is 0.266 e. The van der Waals surface area contributed by atoms with Gasteiger partial charge in [-0.3, -0.25) is 4.79 Å². The molecule has 2 N–H and O–H groups in total. The van der Waals surface area contributed by atoms with Crippen molar-refractivity contribution in [2.45, 2.75) is 13.3 Å². The van der Waals surface area contributed by atoms with E-state index < -0.39 is 5.91 Å². The van der Waals surface area contributed by atoms with Crippen molar-refractivity contribution in [2.24, 2.45) is 0 Å². The third-order valence-corrected chi connectivity index (χ3v) is 4.12. The number of carbonyl (C=O) groups excluding carboxylic acids is 1. The van der Waals surface area contributed by atoms with Crippen LogP contribution in [0.15, 0.2) is 72.3 Å². The second-order valence-electron chi connectivity index (χ2n) is 6.10. The summed E-state index contributed by atoms with van der Waals surface area (Å²) in [6.45, 7) is 1.97. The van der Waals surface area contributed by atoms with E-state index in [0.29, 0.717) is 16.9 Å². The second-order valence-corrected chi connectivity index (χ2v) is 6.10. The molecule has 2 aromatic carbocycles. The van der Waals surface area contributed by atoms with Crippen LogP contribution in [0.3, 0.4) is 0 Å². The van der Waals surface area contributed by atoms with Crippen molar-refractivity contribution < 1.29 is 9.90 Å². The number of rotatable bonds is 5. The number of aromatic hydroxyl groups is 1. The number of phenols is 1. The molecule has 1 amide bonds. The lowest BCUT2D eigenvalue weighted by atomic mass is 10.1. The number of amides is 1. The topological polar surface area (TPSA) is 86.0 Å². The molecule has 0 bridgehead atoms. The van der Waals surface area contributed by atoms with Crippen LogP contribution in [0.5, 0.6) is 5.75 Å². The van der Waals surface area contributed by atoms with Crippen molar-refractivity contribution in [3.05, 3.63) is 83.6 Å². The molecule has 28 heavy (non-hydrogen) atoms. The summed E-state index contributed by atoms with van der Waals surface area (Å²) in [4.78, 5) is 17.0. The molecule has 0 radical (unpaired) electrons. The average molecular weight is 369 g/mol. The summed E-state index contributed by atoms with van der Waals surface area (Å²) in [6.07, 6.45) is 4.05. The lowest BCUT2D eigenvalue weighted by Crippen LogP contribution is -2.23. The number of nitriles is 1. The number of hydrogen-bond donors (Lipinski definition) is 2. The molecule has 1 aromatic heterocycles. The molecule has 1 heterocycles. The van der Waals surface area contributed by atoms with Crippen molar-refractivity contribution in [1.29, 1.82) is 5.26 Å². The highest BCUT2D eigenvalue weighted by molar-refractivity contribution is 6.05. The molecule has 0 aliphatic carbocycles. The number of fused-ring (bicyclic) bond motifs is 1. The monoisotopic (exact) mass is 369 g/mol. The standard InChI is InChI=1S/C23H19N3O2/c1-2-7-20(16-8-4-3-5-9-16)26-23(28)18(15-24)14-19-13-12-17-10-6-11-21(27)22(17)25-19/h3-14,27H,2H2,1H3,(H,26,28)/b18-14+,20-7+. The van der Waals surface area contributed by atoms with Gasteiger partial charge in [0.1, 0.15) is 22.9 Å². The molecule has 138 valence electrons. The predicted octanol–water partition coefficient (Wildman–Crippen LogP) is 4.41. The van der Waals surface area contributed by atoms with Gasteiger partial charge in [0.2, 0.25) is 0 Å². The molecule has 0 aliphatic rings. The van der Waals surface area contributed by atoms with E-state index in [1.807, 2.05) is 55.5 Å². The van der Waals surface area contributed by atoms with E-state index in [4.69, 9.17) is 0 Å². The van der Waals surface area contributed by atoms with Gasteiger partial charge in [-0.05, 0) is 30.2 Å². The lowest BCUT2D eigenvalue weighted by molar-refractivity contribution is -0.115.